The molecule has 1 nitrogen and oxygen atoms in total. The first-order chi connectivity index (χ1) is 15.7. The van der Waals surface area contributed by atoms with Crippen molar-refractivity contribution in [3.05, 3.63) is 120 Å². The van der Waals surface area contributed by atoms with Crippen LogP contribution in [0.15, 0.2) is 120 Å². The number of hydrogen-bond acceptors (Lipinski definition) is 1. The van der Waals surface area contributed by atoms with Crippen molar-refractivity contribution in [2.75, 3.05) is 0 Å². The van der Waals surface area contributed by atoms with Gasteiger partial charge in [-0.2, -0.15) is 0 Å². The molecule has 0 saturated heterocycles. The predicted octanol–water partition coefficient (Wildman–Crippen LogP) is 9.24. The van der Waals surface area contributed by atoms with Crippen molar-refractivity contribution in [1.29, 1.82) is 0 Å². The van der Waals surface area contributed by atoms with Gasteiger partial charge in [-0.15, -0.1) is 0 Å². The third kappa shape index (κ3) is 3.47. The Hall–Kier alpha value is -3.81. The second kappa shape index (κ2) is 7.71. The maximum absolute atomic E-state index is 6.28. The molecular weight excluding hydrogens is 412 g/mol. The quantitative estimate of drug-likeness (QED) is 0.272. The standard InChI is InChI=1S/C30H19ClO/c31-28-10-4-9-24(17-28)22-7-3-8-23(15-22)25-12-14-27-19-30(32-29(27)18-25)26-13-11-20-5-1-2-6-21(20)16-26/h1-19H. The lowest BCUT2D eigenvalue weighted by Crippen LogP contribution is -1.81. The molecule has 5 aromatic carbocycles. The van der Waals surface area contributed by atoms with Crippen molar-refractivity contribution >= 4 is 33.3 Å². The van der Waals surface area contributed by atoms with Crippen molar-refractivity contribution in [3.63, 3.8) is 0 Å². The first-order valence-electron chi connectivity index (χ1n) is 10.6. The Kier molecular flexibility index (Phi) is 4.56. The maximum atomic E-state index is 6.28. The average molecular weight is 431 g/mol. The Labute approximate surface area is 191 Å². The third-order valence-electron chi connectivity index (χ3n) is 5.91. The molecule has 0 amide bonds. The number of fused-ring (bicyclic) bond motifs is 2. The van der Waals surface area contributed by atoms with Crippen LogP contribution in [-0.2, 0) is 0 Å². The molecule has 0 atom stereocenters. The normalized spacial score (nSPS) is 11.3. The summed E-state index contributed by atoms with van der Waals surface area (Å²) in [5.74, 6) is 0.885. The SMILES string of the molecule is Clc1cccc(-c2cccc(-c3ccc4cc(-c5ccc6ccccc6c5)oc4c3)c2)c1. The first kappa shape index (κ1) is 18.9. The molecule has 0 spiro atoms. The highest BCUT2D eigenvalue weighted by Crippen LogP contribution is 2.34. The van der Waals surface area contributed by atoms with Gasteiger partial charge in [-0.05, 0) is 69.4 Å². The Morgan fingerprint density at radius 3 is 1.91 bits per heavy atom. The molecule has 0 fully saturated rings. The highest BCUT2D eigenvalue weighted by atomic mass is 35.5. The fraction of sp³-hybridized carbons (Fsp3) is 0. The monoisotopic (exact) mass is 430 g/mol. The van der Waals surface area contributed by atoms with Crippen molar-refractivity contribution in [1.82, 2.24) is 0 Å². The lowest BCUT2D eigenvalue weighted by Gasteiger charge is -2.07. The van der Waals surface area contributed by atoms with Gasteiger partial charge in [0.15, 0.2) is 0 Å². The molecule has 32 heavy (non-hydrogen) atoms. The fourth-order valence-electron chi connectivity index (χ4n) is 4.24. The highest BCUT2D eigenvalue weighted by Gasteiger charge is 2.09. The van der Waals surface area contributed by atoms with Gasteiger partial charge in [0.25, 0.3) is 0 Å². The highest BCUT2D eigenvalue weighted by molar-refractivity contribution is 6.30. The van der Waals surface area contributed by atoms with Gasteiger partial charge < -0.3 is 4.42 Å². The molecule has 0 N–H and O–H groups in total. The predicted molar refractivity (Wildman–Crippen MR) is 135 cm³/mol. The van der Waals surface area contributed by atoms with Crippen LogP contribution < -0.4 is 0 Å². The summed E-state index contributed by atoms with van der Waals surface area (Å²) >= 11 is 6.19. The Balaban J connectivity index is 1.39. The molecule has 6 aromatic rings. The Bertz CT molecular complexity index is 1590. The molecule has 0 aliphatic heterocycles. The van der Waals surface area contributed by atoms with E-state index in [1.807, 2.05) is 18.2 Å². The molecule has 0 aliphatic rings. The molecule has 0 saturated carbocycles. The van der Waals surface area contributed by atoms with Crippen molar-refractivity contribution in [2.24, 2.45) is 0 Å². The summed E-state index contributed by atoms with van der Waals surface area (Å²) in [4.78, 5) is 0. The van der Waals surface area contributed by atoms with Crippen LogP contribution in [0.3, 0.4) is 0 Å². The lowest BCUT2D eigenvalue weighted by atomic mass is 9.98. The summed E-state index contributed by atoms with van der Waals surface area (Å²) in [5, 5.41) is 4.28. The van der Waals surface area contributed by atoms with E-state index in [9.17, 15) is 0 Å². The van der Waals surface area contributed by atoms with Crippen molar-refractivity contribution in [3.8, 4) is 33.6 Å². The van der Waals surface area contributed by atoms with E-state index in [0.717, 1.165) is 49.6 Å². The molecule has 1 aromatic heterocycles. The van der Waals surface area contributed by atoms with Gasteiger partial charge in [0.2, 0.25) is 0 Å². The summed E-state index contributed by atoms with van der Waals surface area (Å²) in [6, 6.07) is 39.8. The third-order valence-corrected chi connectivity index (χ3v) is 6.14. The van der Waals surface area contributed by atoms with Gasteiger partial charge >= 0.3 is 0 Å². The second-order valence-corrected chi connectivity index (χ2v) is 8.45. The van der Waals surface area contributed by atoms with Gasteiger partial charge in [0, 0.05) is 16.0 Å². The first-order valence-corrected chi connectivity index (χ1v) is 11.0. The summed E-state index contributed by atoms with van der Waals surface area (Å²) in [6.45, 7) is 0. The van der Waals surface area contributed by atoms with E-state index < -0.39 is 0 Å². The molecule has 152 valence electrons. The van der Waals surface area contributed by atoms with E-state index in [4.69, 9.17) is 16.0 Å². The lowest BCUT2D eigenvalue weighted by molar-refractivity contribution is 0.632. The van der Waals surface area contributed by atoms with Crippen molar-refractivity contribution < 1.29 is 4.42 Å². The largest absolute Gasteiger partial charge is 0.456 e. The molecule has 1 heterocycles. The summed E-state index contributed by atoms with van der Waals surface area (Å²) in [5.41, 5.74) is 6.50. The van der Waals surface area contributed by atoms with Gasteiger partial charge in [0.05, 0.1) is 0 Å². The summed E-state index contributed by atoms with van der Waals surface area (Å²) in [7, 11) is 0. The number of benzene rings is 5. The smallest absolute Gasteiger partial charge is 0.135 e. The minimum absolute atomic E-state index is 0.742. The van der Waals surface area contributed by atoms with E-state index >= 15 is 0 Å². The minimum atomic E-state index is 0.742. The molecule has 0 unspecified atom stereocenters. The van der Waals surface area contributed by atoms with E-state index in [0.29, 0.717) is 0 Å². The maximum Gasteiger partial charge on any atom is 0.135 e. The van der Waals surface area contributed by atoms with Crippen LogP contribution in [-0.4, -0.2) is 0 Å². The van der Waals surface area contributed by atoms with Gasteiger partial charge in [-0.3, -0.25) is 0 Å². The van der Waals surface area contributed by atoms with Crippen LogP contribution in [0.2, 0.25) is 5.02 Å². The number of rotatable bonds is 3. The second-order valence-electron chi connectivity index (χ2n) is 8.02. The molecular formula is C30H19ClO. The zero-order valence-electron chi connectivity index (χ0n) is 17.3. The topological polar surface area (TPSA) is 13.1 Å². The minimum Gasteiger partial charge on any atom is -0.456 e. The van der Waals surface area contributed by atoms with Crippen LogP contribution in [0.25, 0.3) is 55.3 Å². The van der Waals surface area contributed by atoms with E-state index in [1.165, 1.54) is 10.8 Å². The molecule has 0 radical (unpaired) electrons. The number of halogens is 1. The van der Waals surface area contributed by atoms with Crippen LogP contribution in [0.1, 0.15) is 0 Å². The van der Waals surface area contributed by atoms with Crippen molar-refractivity contribution in [2.45, 2.75) is 0 Å². The van der Waals surface area contributed by atoms with E-state index in [2.05, 4.69) is 97.1 Å². The van der Waals surface area contributed by atoms with Gasteiger partial charge in [-0.25, -0.2) is 0 Å². The number of hydrogen-bond donors (Lipinski definition) is 0. The zero-order valence-corrected chi connectivity index (χ0v) is 18.0. The number of furan rings is 1. The zero-order chi connectivity index (χ0) is 21.5. The summed E-state index contributed by atoms with van der Waals surface area (Å²) < 4.78 is 6.28. The van der Waals surface area contributed by atoms with E-state index in [1.54, 1.807) is 0 Å². The Morgan fingerprint density at radius 1 is 0.438 bits per heavy atom. The van der Waals surface area contributed by atoms with Gasteiger partial charge in [0.1, 0.15) is 11.3 Å². The van der Waals surface area contributed by atoms with Crippen LogP contribution in [0, 0.1) is 0 Å². The summed E-state index contributed by atoms with van der Waals surface area (Å²) in [6.07, 6.45) is 0. The average Bonchev–Trinajstić information content (AvgIpc) is 3.27. The fourth-order valence-corrected chi connectivity index (χ4v) is 4.43. The molecule has 0 bridgehead atoms. The Morgan fingerprint density at radius 2 is 1.09 bits per heavy atom. The molecule has 0 aliphatic carbocycles. The van der Waals surface area contributed by atoms with Crippen LogP contribution in [0.4, 0.5) is 0 Å². The van der Waals surface area contributed by atoms with Gasteiger partial charge in [-0.1, -0.05) is 90.5 Å². The molecule has 2 heteroatoms. The molecule has 6 rings (SSSR count). The van der Waals surface area contributed by atoms with Crippen LogP contribution in [0.5, 0.6) is 0 Å². The van der Waals surface area contributed by atoms with Crippen LogP contribution >= 0.6 is 11.6 Å². The van der Waals surface area contributed by atoms with E-state index in [-0.39, 0.29) is 0 Å².